The van der Waals surface area contributed by atoms with Crippen LogP contribution in [0.3, 0.4) is 0 Å². The molecule has 0 aromatic heterocycles. The number of hydrogen-bond donors (Lipinski definition) is 0. The van der Waals surface area contributed by atoms with Gasteiger partial charge in [0.2, 0.25) is 0 Å². The highest BCUT2D eigenvalue weighted by Gasteiger charge is 2.02. The second-order valence-electron chi connectivity index (χ2n) is 14.3. The summed E-state index contributed by atoms with van der Waals surface area (Å²) in [6, 6.07) is 7.26. The molecule has 0 nitrogen and oxygen atoms in total. The molecular weight excluding hydrogens is 581 g/mol. The van der Waals surface area contributed by atoms with E-state index in [1.54, 1.807) is 0 Å². The van der Waals surface area contributed by atoms with Gasteiger partial charge in [0.25, 0.3) is 0 Å². The second-order valence-corrected chi connectivity index (χ2v) is 16.6. The molecule has 0 amide bonds. The van der Waals surface area contributed by atoms with E-state index in [0.717, 1.165) is 0 Å². The normalized spacial score (nSPS) is 11.5. The van der Waals surface area contributed by atoms with Crippen molar-refractivity contribution >= 4 is 23.5 Å². The molecule has 1 rings (SSSR count). The van der Waals surface area contributed by atoms with Gasteiger partial charge in [-0.05, 0) is 55.0 Å². The van der Waals surface area contributed by atoms with Crippen molar-refractivity contribution in [3.05, 3.63) is 23.8 Å². The molecule has 0 saturated heterocycles. The molecule has 1 aromatic carbocycles. The molecule has 0 unspecified atom stereocenters. The predicted octanol–water partition coefficient (Wildman–Crippen LogP) is 16.7. The van der Waals surface area contributed by atoms with Crippen molar-refractivity contribution in [2.75, 3.05) is 11.5 Å². The van der Waals surface area contributed by atoms with Gasteiger partial charge in [-0.25, -0.2) is 0 Å². The van der Waals surface area contributed by atoms with Crippen LogP contribution in [0.2, 0.25) is 0 Å². The molecule has 0 spiro atoms. The standard InChI is InChI=1S/C43H80S2/c1-4-6-8-10-12-14-16-18-20-22-24-26-28-30-32-34-36-44-42-38-41(3)39-43(40-42)45-37-35-33-31-29-27-25-23-21-19-17-15-13-11-9-7-5-2/h38-40H,4-37H2,1-3H3. The number of rotatable bonds is 36. The van der Waals surface area contributed by atoms with E-state index in [0.29, 0.717) is 0 Å². The maximum absolute atomic E-state index is 2.46. The van der Waals surface area contributed by atoms with Gasteiger partial charge in [0.1, 0.15) is 0 Å². The van der Waals surface area contributed by atoms with Crippen molar-refractivity contribution in [2.45, 2.75) is 236 Å². The van der Waals surface area contributed by atoms with E-state index in [1.807, 2.05) is 0 Å². The average Bonchev–Trinajstić information content (AvgIpc) is 3.03. The molecular formula is C43H80S2. The third-order valence-electron chi connectivity index (χ3n) is 9.56. The molecule has 0 aliphatic carbocycles. The van der Waals surface area contributed by atoms with Crippen LogP contribution in [0.15, 0.2) is 28.0 Å². The van der Waals surface area contributed by atoms with Gasteiger partial charge in [-0.15, -0.1) is 23.5 Å². The Labute approximate surface area is 293 Å². The first-order valence-electron chi connectivity index (χ1n) is 20.6. The first-order chi connectivity index (χ1) is 22.3. The average molecular weight is 661 g/mol. The maximum Gasteiger partial charge on any atom is 0.00857 e. The molecule has 0 N–H and O–H groups in total. The van der Waals surface area contributed by atoms with Crippen molar-refractivity contribution in [1.29, 1.82) is 0 Å². The Morgan fingerprint density at radius 1 is 0.311 bits per heavy atom. The molecule has 0 radical (unpaired) electrons. The van der Waals surface area contributed by atoms with E-state index < -0.39 is 0 Å². The van der Waals surface area contributed by atoms with Crippen molar-refractivity contribution in [1.82, 2.24) is 0 Å². The van der Waals surface area contributed by atoms with Crippen LogP contribution in [-0.4, -0.2) is 11.5 Å². The van der Waals surface area contributed by atoms with Crippen molar-refractivity contribution in [3.8, 4) is 0 Å². The highest BCUT2D eigenvalue weighted by atomic mass is 32.2. The van der Waals surface area contributed by atoms with Gasteiger partial charge >= 0.3 is 0 Å². The van der Waals surface area contributed by atoms with Crippen LogP contribution in [0.4, 0.5) is 0 Å². The largest absolute Gasteiger partial charge is 0.126 e. The van der Waals surface area contributed by atoms with Gasteiger partial charge in [0, 0.05) is 9.79 Å². The van der Waals surface area contributed by atoms with Crippen LogP contribution >= 0.6 is 23.5 Å². The first kappa shape index (κ1) is 42.9. The number of unbranched alkanes of at least 4 members (excludes halogenated alkanes) is 30. The third-order valence-corrected chi connectivity index (χ3v) is 11.7. The summed E-state index contributed by atoms with van der Waals surface area (Å²) in [4.78, 5) is 2.98. The molecule has 0 bridgehead atoms. The highest BCUT2D eigenvalue weighted by molar-refractivity contribution is 8.00. The summed E-state index contributed by atoms with van der Waals surface area (Å²) in [5.41, 5.74) is 1.43. The molecule has 0 aliphatic rings. The zero-order valence-corrected chi connectivity index (χ0v) is 32.7. The summed E-state index contributed by atoms with van der Waals surface area (Å²) < 4.78 is 0. The minimum atomic E-state index is 1.28. The topological polar surface area (TPSA) is 0 Å². The van der Waals surface area contributed by atoms with Crippen LogP contribution in [0.5, 0.6) is 0 Å². The Bertz CT molecular complexity index is 658. The molecule has 0 atom stereocenters. The monoisotopic (exact) mass is 661 g/mol. The summed E-state index contributed by atoms with van der Waals surface area (Å²) in [5, 5.41) is 0. The SMILES string of the molecule is CCCCCCCCCCCCCCCCCCSc1cc(C)cc(SCCCCCCCCCCCCCCCCCC)c1. The van der Waals surface area contributed by atoms with Crippen LogP contribution in [0.1, 0.15) is 225 Å². The molecule has 264 valence electrons. The number of thioether (sulfide) groups is 2. The molecule has 0 aliphatic heterocycles. The van der Waals surface area contributed by atoms with Crippen LogP contribution in [0.25, 0.3) is 0 Å². The van der Waals surface area contributed by atoms with Crippen molar-refractivity contribution in [2.24, 2.45) is 0 Å². The Kier molecular flexibility index (Phi) is 33.6. The number of hydrogen-bond acceptors (Lipinski definition) is 2. The zero-order valence-electron chi connectivity index (χ0n) is 31.1. The van der Waals surface area contributed by atoms with E-state index in [-0.39, 0.29) is 0 Å². The Balaban J connectivity index is 1.89. The zero-order chi connectivity index (χ0) is 32.3. The molecule has 0 saturated carbocycles. The maximum atomic E-state index is 2.46. The molecule has 0 heterocycles. The van der Waals surface area contributed by atoms with E-state index in [1.165, 1.54) is 232 Å². The van der Waals surface area contributed by atoms with Crippen molar-refractivity contribution in [3.63, 3.8) is 0 Å². The lowest BCUT2D eigenvalue weighted by molar-refractivity contribution is 0.531. The summed E-state index contributed by atoms with van der Waals surface area (Å²) in [6.45, 7) is 6.89. The predicted molar refractivity (Wildman–Crippen MR) is 212 cm³/mol. The van der Waals surface area contributed by atoms with E-state index in [2.05, 4.69) is 62.5 Å². The highest BCUT2D eigenvalue weighted by Crippen LogP contribution is 2.29. The first-order valence-corrected chi connectivity index (χ1v) is 22.6. The molecule has 2 heteroatoms. The molecule has 45 heavy (non-hydrogen) atoms. The van der Waals surface area contributed by atoms with Gasteiger partial charge in [0.05, 0.1) is 0 Å². The smallest absolute Gasteiger partial charge is 0.00857 e. The Morgan fingerprint density at radius 3 is 0.778 bits per heavy atom. The third kappa shape index (κ3) is 31.0. The van der Waals surface area contributed by atoms with Crippen LogP contribution in [-0.2, 0) is 0 Å². The minimum absolute atomic E-state index is 1.28. The minimum Gasteiger partial charge on any atom is -0.126 e. The summed E-state index contributed by atoms with van der Waals surface area (Å²) in [6.07, 6.45) is 46.4. The number of benzene rings is 1. The van der Waals surface area contributed by atoms with Crippen molar-refractivity contribution < 1.29 is 0 Å². The van der Waals surface area contributed by atoms with E-state index in [9.17, 15) is 0 Å². The van der Waals surface area contributed by atoms with E-state index in [4.69, 9.17) is 0 Å². The van der Waals surface area contributed by atoms with Gasteiger partial charge in [-0.2, -0.15) is 0 Å². The van der Waals surface area contributed by atoms with Gasteiger partial charge in [-0.1, -0.05) is 206 Å². The van der Waals surface area contributed by atoms with E-state index >= 15 is 0 Å². The van der Waals surface area contributed by atoms with Gasteiger partial charge < -0.3 is 0 Å². The summed E-state index contributed by atoms with van der Waals surface area (Å²) in [5.74, 6) is 2.57. The quantitative estimate of drug-likeness (QED) is 0.0519. The molecule has 0 fully saturated rings. The lowest BCUT2D eigenvalue weighted by Gasteiger charge is -2.08. The fourth-order valence-corrected chi connectivity index (χ4v) is 8.76. The number of aryl methyl sites for hydroxylation is 1. The fourth-order valence-electron chi connectivity index (χ4n) is 6.56. The Hall–Kier alpha value is -0.0800. The summed E-state index contributed by atoms with van der Waals surface area (Å²) in [7, 11) is 0. The van der Waals surface area contributed by atoms with Crippen LogP contribution in [0, 0.1) is 6.92 Å². The molecule has 1 aromatic rings. The van der Waals surface area contributed by atoms with Gasteiger partial charge in [0.15, 0.2) is 0 Å². The lowest BCUT2D eigenvalue weighted by Crippen LogP contribution is -1.87. The van der Waals surface area contributed by atoms with Crippen LogP contribution < -0.4 is 0 Å². The Morgan fingerprint density at radius 2 is 0.533 bits per heavy atom. The lowest BCUT2D eigenvalue weighted by atomic mass is 10.0. The fraction of sp³-hybridized carbons (Fsp3) is 0.860. The van der Waals surface area contributed by atoms with Gasteiger partial charge in [-0.3, -0.25) is 0 Å². The summed E-state index contributed by atoms with van der Waals surface area (Å²) >= 11 is 4.17. The second kappa shape index (κ2) is 35.2.